The zero-order valence-electron chi connectivity index (χ0n) is 52.0. The molecule has 0 aromatic heterocycles. The van der Waals surface area contributed by atoms with E-state index < -0.39 is 138 Å². The Hall–Kier alpha value is -7.43. The highest BCUT2D eigenvalue weighted by Crippen LogP contribution is 2.22. The predicted octanol–water partition coefficient (Wildman–Crippen LogP) is 1.30. The van der Waals surface area contributed by atoms with Gasteiger partial charge in [-0.3, -0.25) is 52.7 Å². The molecule has 11 amide bonds. The third-order valence-corrected chi connectivity index (χ3v) is 16.4. The number of piperidine rings is 1. The van der Waals surface area contributed by atoms with Gasteiger partial charge in [0.2, 0.25) is 65.0 Å². The molecule has 0 unspecified atom stereocenters. The van der Waals surface area contributed by atoms with Gasteiger partial charge in [-0.15, -0.1) is 0 Å². The highest BCUT2D eigenvalue weighted by molar-refractivity contribution is 5.99. The predicted molar refractivity (Wildman–Crippen MR) is 316 cm³/mol. The van der Waals surface area contributed by atoms with Crippen molar-refractivity contribution in [3.05, 3.63) is 71.8 Å². The van der Waals surface area contributed by atoms with Crippen LogP contribution in [0.1, 0.15) is 105 Å². The van der Waals surface area contributed by atoms with Gasteiger partial charge < -0.3 is 60.3 Å². The Morgan fingerprint density at radius 3 is 1.55 bits per heavy atom. The van der Waals surface area contributed by atoms with Crippen LogP contribution in [0, 0.1) is 11.8 Å². The van der Waals surface area contributed by atoms with E-state index in [-0.39, 0.29) is 38.1 Å². The molecule has 2 saturated heterocycles. The van der Waals surface area contributed by atoms with E-state index >= 15 is 0 Å². The molecule has 0 radical (unpaired) electrons. The number of rotatable bonds is 9. The van der Waals surface area contributed by atoms with Gasteiger partial charge in [0, 0.05) is 88.2 Å². The molecule has 4 N–H and O–H groups in total. The number of hydrogen-bond acceptors (Lipinski definition) is 12. The van der Waals surface area contributed by atoms with Crippen molar-refractivity contribution in [2.24, 2.45) is 11.8 Å². The van der Waals surface area contributed by atoms with Crippen molar-refractivity contribution >= 4 is 65.0 Å². The molecule has 0 bridgehead atoms. The Kier molecular flexibility index (Phi) is 25.9. The van der Waals surface area contributed by atoms with Crippen molar-refractivity contribution in [2.45, 2.75) is 167 Å². The van der Waals surface area contributed by atoms with E-state index in [1.165, 1.54) is 102 Å². The molecule has 0 saturated carbocycles. The summed E-state index contributed by atoms with van der Waals surface area (Å²) < 4.78 is 0. The van der Waals surface area contributed by atoms with Crippen LogP contribution >= 0.6 is 0 Å². The zero-order chi connectivity index (χ0) is 63.0. The van der Waals surface area contributed by atoms with Crippen molar-refractivity contribution in [3.8, 4) is 0 Å². The van der Waals surface area contributed by atoms with E-state index in [9.17, 15) is 57.8 Å². The SMILES string of the molecule is CC(C)C[C@H]1C(=O)N(C)[C@@H](Cc2ccccc2)C(=O)N[C@@H]([C@@H](C)O)C(=O)N(C)[C@@H](C)C(=O)N(C)[C@@H](Cc2ccccc2)C(=O)N(C)[C@@H](C)C(=O)N[C@H](C(=O)N2CCCCC2)CC(=O)N(C)CCC(=O)N(C)[C@@H](C(C)C)C(=O)N[C@@H](C)C(=O)N1C. The highest BCUT2D eigenvalue weighted by Gasteiger charge is 2.43. The molecule has 4 rings (SSSR count). The van der Waals surface area contributed by atoms with Gasteiger partial charge >= 0.3 is 0 Å². The van der Waals surface area contributed by atoms with Crippen LogP contribution in [0.25, 0.3) is 0 Å². The Morgan fingerprint density at radius 2 is 1.02 bits per heavy atom. The third-order valence-electron chi connectivity index (χ3n) is 16.4. The first kappa shape index (κ1) is 69.1. The van der Waals surface area contributed by atoms with E-state index in [0.717, 1.165) is 16.2 Å². The number of likely N-dealkylation sites (tertiary alicyclic amines) is 1. The molecule has 23 nitrogen and oxygen atoms in total. The minimum absolute atomic E-state index is 0.0338. The van der Waals surface area contributed by atoms with Crippen LogP contribution in [-0.4, -0.2) is 239 Å². The maximum atomic E-state index is 14.9. The van der Waals surface area contributed by atoms with Crippen molar-refractivity contribution in [1.29, 1.82) is 0 Å². The van der Waals surface area contributed by atoms with Gasteiger partial charge in [0.1, 0.15) is 54.4 Å². The van der Waals surface area contributed by atoms with Gasteiger partial charge in [0.25, 0.3) is 0 Å². The second kappa shape index (κ2) is 31.5. The van der Waals surface area contributed by atoms with Crippen LogP contribution in [0.5, 0.6) is 0 Å². The third kappa shape index (κ3) is 18.0. The minimum Gasteiger partial charge on any atom is -0.391 e. The smallest absolute Gasteiger partial charge is 0.248 e. The Morgan fingerprint density at radius 1 is 0.524 bits per heavy atom. The molecule has 2 heterocycles. The van der Waals surface area contributed by atoms with E-state index in [0.29, 0.717) is 37.1 Å². The number of aliphatic hydroxyl groups excluding tert-OH is 1. The Bertz CT molecular complexity index is 2630. The van der Waals surface area contributed by atoms with Crippen LogP contribution in [0.2, 0.25) is 0 Å². The molecular weight excluding hydrogens is 1080 g/mol. The maximum absolute atomic E-state index is 14.9. The molecule has 2 aliphatic rings. The summed E-state index contributed by atoms with van der Waals surface area (Å²) in [4.78, 5) is 169. The van der Waals surface area contributed by atoms with Gasteiger partial charge in [-0.2, -0.15) is 0 Å². The van der Waals surface area contributed by atoms with E-state index in [2.05, 4.69) is 16.0 Å². The molecule has 2 aromatic rings. The number of nitrogens with one attached hydrogen (secondary N) is 3. The van der Waals surface area contributed by atoms with Gasteiger partial charge in [-0.25, -0.2) is 0 Å². The first-order valence-corrected chi connectivity index (χ1v) is 29.2. The lowest BCUT2D eigenvalue weighted by Crippen LogP contribution is -2.62. The lowest BCUT2D eigenvalue weighted by atomic mass is 9.98. The second-order valence-corrected chi connectivity index (χ2v) is 23.5. The van der Waals surface area contributed by atoms with Crippen LogP contribution in [0.15, 0.2) is 60.7 Å². The molecule has 10 atom stereocenters. The van der Waals surface area contributed by atoms with Crippen LogP contribution in [0.3, 0.4) is 0 Å². The second-order valence-electron chi connectivity index (χ2n) is 23.5. The van der Waals surface area contributed by atoms with Crippen molar-refractivity contribution < 1.29 is 57.8 Å². The molecule has 84 heavy (non-hydrogen) atoms. The fraction of sp³-hybridized carbons (Fsp3) is 0.623. The van der Waals surface area contributed by atoms with E-state index in [1.807, 2.05) is 13.8 Å². The number of benzene rings is 2. The molecule has 23 heteroatoms. The molecule has 2 aliphatic heterocycles. The molecular formula is C61H93N11O12. The lowest BCUT2D eigenvalue weighted by molar-refractivity contribution is -0.153. The highest BCUT2D eigenvalue weighted by atomic mass is 16.3. The summed E-state index contributed by atoms with van der Waals surface area (Å²) in [5, 5.41) is 19.4. The van der Waals surface area contributed by atoms with Crippen LogP contribution < -0.4 is 16.0 Å². The summed E-state index contributed by atoms with van der Waals surface area (Å²) in [5.74, 6) is -8.04. The fourth-order valence-electron chi connectivity index (χ4n) is 10.6. The van der Waals surface area contributed by atoms with Crippen LogP contribution in [0.4, 0.5) is 0 Å². The van der Waals surface area contributed by atoms with Gasteiger partial charge in [-0.1, -0.05) is 88.4 Å². The standard InChI is InChI=1S/C61H93N11O12/c1-37(2)33-47-60(83)68(12)46(34-43-25-19-16-20-26-43)54(77)64-51(42(8)73)61(84)67(11)41(7)57(80)70(14)48(35-44-27-21-17-22-28-44)59(82)66(10)40(6)53(76)63-45(58(81)72-30-23-18-24-31-72)36-50(75)65(9)32-29-49(74)71(15)52(38(3)4)55(78)62-39(5)56(79)69(47)13/h16-17,19-22,25-28,37-42,45-48,51-52,73H,18,23-24,29-36H2,1-15H3,(H,62,78)(H,63,76)(H,64,77)/t39-,40-,41-,42+,45-,46-,47-,48-,51-,52-/m0/s1. The number of nitrogens with zero attached hydrogens (tertiary/aromatic N) is 8. The molecule has 464 valence electrons. The summed E-state index contributed by atoms with van der Waals surface area (Å²) in [6.07, 6.45) is 0.0770. The van der Waals surface area contributed by atoms with Crippen molar-refractivity contribution in [2.75, 3.05) is 69.0 Å². The monoisotopic (exact) mass is 1170 g/mol. The molecule has 2 aromatic carbocycles. The lowest BCUT2D eigenvalue weighted by Gasteiger charge is -2.38. The van der Waals surface area contributed by atoms with Crippen LogP contribution in [-0.2, 0) is 65.6 Å². The number of carbonyl (C=O) groups is 11. The van der Waals surface area contributed by atoms with E-state index in [1.54, 1.807) is 79.4 Å². The Labute approximate surface area is 496 Å². The van der Waals surface area contributed by atoms with Gasteiger partial charge in [-0.05, 0) is 76.3 Å². The molecule has 0 spiro atoms. The summed E-state index contributed by atoms with van der Waals surface area (Å²) in [6, 6.07) is 5.91. The topological polar surface area (TPSA) is 270 Å². The summed E-state index contributed by atoms with van der Waals surface area (Å²) in [6.45, 7) is 13.5. The first-order valence-electron chi connectivity index (χ1n) is 29.2. The zero-order valence-corrected chi connectivity index (χ0v) is 52.0. The normalized spacial score (nSPS) is 26.3. The molecule has 2 fully saturated rings. The first-order chi connectivity index (χ1) is 39.4. The van der Waals surface area contributed by atoms with Gasteiger partial charge in [0.05, 0.1) is 12.5 Å². The van der Waals surface area contributed by atoms with Crippen molar-refractivity contribution in [1.82, 2.24) is 55.1 Å². The number of amides is 11. The largest absolute Gasteiger partial charge is 0.391 e. The summed E-state index contributed by atoms with van der Waals surface area (Å²) in [5.41, 5.74) is 1.29. The number of aliphatic hydroxyl groups is 1. The average molecular weight is 1170 g/mol. The number of hydrogen-bond donors (Lipinski definition) is 4. The summed E-state index contributed by atoms with van der Waals surface area (Å²) in [7, 11) is 9.80. The minimum atomic E-state index is -1.67. The average Bonchev–Trinajstić information content (AvgIpc) is 3.17. The molecule has 0 aliphatic carbocycles. The quantitative estimate of drug-likeness (QED) is 0.277. The number of likely N-dealkylation sites (N-methyl/N-ethyl adjacent to an activating group) is 6. The Balaban J connectivity index is 1.84. The van der Waals surface area contributed by atoms with Gasteiger partial charge in [0.15, 0.2) is 0 Å². The maximum Gasteiger partial charge on any atom is 0.248 e. The number of carbonyl (C=O) groups excluding carboxylic acids is 11. The van der Waals surface area contributed by atoms with Crippen molar-refractivity contribution in [3.63, 3.8) is 0 Å². The summed E-state index contributed by atoms with van der Waals surface area (Å²) >= 11 is 0. The fourth-order valence-corrected chi connectivity index (χ4v) is 10.6. The van der Waals surface area contributed by atoms with E-state index in [4.69, 9.17) is 0 Å².